The number of esters is 1. The van der Waals surface area contributed by atoms with Gasteiger partial charge in [0.05, 0.1) is 7.11 Å². The summed E-state index contributed by atoms with van der Waals surface area (Å²) >= 11 is 0. The maximum atomic E-state index is 10.9. The zero-order chi connectivity index (χ0) is 12.0. The molecule has 0 aromatic heterocycles. The lowest BCUT2D eigenvalue weighted by atomic mass is 10.1. The third-order valence-corrected chi connectivity index (χ3v) is 2.14. The number of aryl methyl sites for hydroxylation is 1. The predicted molar refractivity (Wildman–Crippen MR) is 59.6 cm³/mol. The SMILES string of the molecule is CCCc1cc(O)ccc1OCC(=O)OC. The van der Waals surface area contributed by atoms with Crippen molar-refractivity contribution in [3.8, 4) is 11.5 Å². The molecule has 0 saturated heterocycles. The lowest BCUT2D eigenvalue weighted by Crippen LogP contribution is -2.13. The minimum absolute atomic E-state index is 0.113. The van der Waals surface area contributed by atoms with E-state index in [1.165, 1.54) is 13.2 Å². The molecule has 0 aliphatic carbocycles. The molecular formula is C12H16O4. The van der Waals surface area contributed by atoms with Crippen molar-refractivity contribution in [1.82, 2.24) is 0 Å². The monoisotopic (exact) mass is 224 g/mol. The third kappa shape index (κ3) is 3.46. The maximum absolute atomic E-state index is 10.9. The minimum atomic E-state index is -0.421. The maximum Gasteiger partial charge on any atom is 0.343 e. The van der Waals surface area contributed by atoms with Gasteiger partial charge in [-0.3, -0.25) is 0 Å². The number of carbonyl (C=O) groups excluding carboxylic acids is 1. The van der Waals surface area contributed by atoms with Gasteiger partial charge in [-0.2, -0.15) is 0 Å². The summed E-state index contributed by atoms with van der Waals surface area (Å²) in [6, 6.07) is 4.84. The molecule has 88 valence electrons. The molecule has 1 aromatic carbocycles. The van der Waals surface area contributed by atoms with Crippen LogP contribution in [0.4, 0.5) is 0 Å². The molecule has 0 fully saturated rings. The van der Waals surface area contributed by atoms with E-state index >= 15 is 0 Å². The van der Waals surface area contributed by atoms with E-state index in [1.807, 2.05) is 6.92 Å². The van der Waals surface area contributed by atoms with Crippen LogP contribution >= 0.6 is 0 Å². The molecule has 0 bridgehead atoms. The fourth-order valence-electron chi connectivity index (χ4n) is 1.37. The van der Waals surface area contributed by atoms with Crippen LogP contribution in [0, 0.1) is 0 Å². The molecular weight excluding hydrogens is 208 g/mol. The van der Waals surface area contributed by atoms with Crippen LogP contribution in [0.5, 0.6) is 11.5 Å². The average Bonchev–Trinajstić information content (AvgIpc) is 2.28. The zero-order valence-electron chi connectivity index (χ0n) is 9.53. The first-order valence-corrected chi connectivity index (χ1v) is 5.19. The quantitative estimate of drug-likeness (QED) is 0.776. The number of methoxy groups -OCH3 is 1. The highest BCUT2D eigenvalue weighted by Gasteiger charge is 2.07. The lowest BCUT2D eigenvalue weighted by Gasteiger charge is -2.10. The van der Waals surface area contributed by atoms with Gasteiger partial charge in [0, 0.05) is 0 Å². The van der Waals surface area contributed by atoms with Gasteiger partial charge in [0.1, 0.15) is 11.5 Å². The number of benzene rings is 1. The molecule has 0 amide bonds. The van der Waals surface area contributed by atoms with Crippen molar-refractivity contribution in [2.24, 2.45) is 0 Å². The summed E-state index contributed by atoms with van der Waals surface area (Å²) in [7, 11) is 1.31. The zero-order valence-corrected chi connectivity index (χ0v) is 9.53. The Bertz CT molecular complexity index is 360. The molecule has 0 radical (unpaired) electrons. The van der Waals surface area contributed by atoms with Crippen LogP contribution in [0.25, 0.3) is 0 Å². The highest BCUT2D eigenvalue weighted by atomic mass is 16.6. The van der Waals surface area contributed by atoms with E-state index < -0.39 is 5.97 Å². The molecule has 0 atom stereocenters. The number of ether oxygens (including phenoxy) is 2. The van der Waals surface area contributed by atoms with Crippen molar-refractivity contribution in [3.05, 3.63) is 23.8 Å². The van der Waals surface area contributed by atoms with Crippen molar-refractivity contribution in [2.45, 2.75) is 19.8 Å². The van der Waals surface area contributed by atoms with E-state index in [4.69, 9.17) is 4.74 Å². The number of carbonyl (C=O) groups is 1. The average molecular weight is 224 g/mol. The van der Waals surface area contributed by atoms with Crippen LogP contribution in [0.2, 0.25) is 0 Å². The van der Waals surface area contributed by atoms with E-state index in [0.29, 0.717) is 5.75 Å². The summed E-state index contributed by atoms with van der Waals surface area (Å²) in [4.78, 5) is 10.9. The predicted octanol–water partition coefficient (Wildman–Crippen LogP) is 1.90. The van der Waals surface area contributed by atoms with Gasteiger partial charge in [-0.25, -0.2) is 4.79 Å². The fraction of sp³-hybridized carbons (Fsp3) is 0.417. The van der Waals surface area contributed by atoms with Crippen molar-refractivity contribution in [2.75, 3.05) is 13.7 Å². The van der Waals surface area contributed by atoms with Gasteiger partial charge in [-0.05, 0) is 30.2 Å². The Morgan fingerprint density at radius 3 is 2.81 bits per heavy atom. The molecule has 4 nitrogen and oxygen atoms in total. The fourth-order valence-corrected chi connectivity index (χ4v) is 1.37. The number of rotatable bonds is 5. The molecule has 0 unspecified atom stereocenters. The van der Waals surface area contributed by atoms with E-state index in [9.17, 15) is 9.90 Å². The van der Waals surface area contributed by atoms with Crippen LogP contribution in [0.15, 0.2) is 18.2 Å². The van der Waals surface area contributed by atoms with Crippen molar-refractivity contribution >= 4 is 5.97 Å². The van der Waals surface area contributed by atoms with E-state index in [2.05, 4.69) is 4.74 Å². The van der Waals surface area contributed by atoms with Gasteiger partial charge < -0.3 is 14.6 Å². The first-order valence-electron chi connectivity index (χ1n) is 5.19. The molecule has 0 aliphatic heterocycles. The minimum Gasteiger partial charge on any atom is -0.508 e. The van der Waals surface area contributed by atoms with Crippen LogP contribution in [-0.2, 0) is 16.0 Å². The smallest absolute Gasteiger partial charge is 0.343 e. The highest BCUT2D eigenvalue weighted by molar-refractivity contribution is 5.70. The summed E-state index contributed by atoms with van der Waals surface area (Å²) in [5.41, 5.74) is 0.895. The van der Waals surface area contributed by atoms with Gasteiger partial charge in [0.2, 0.25) is 0 Å². The number of hydrogen-bond acceptors (Lipinski definition) is 4. The first-order chi connectivity index (χ1) is 7.67. The van der Waals surface area contributed by atoms with Gasteiger partial charge in [-0.15, -0.1) is 0 Å². The molecule has 0 saturated carbocycles. The normalized spacial score (nSPS) is 9.88. The Kier molecular flexibility index (Phi) is 4.64. The second kappa shape index (κ2) is 6.00. The van der Waals surface area contributed by atoms with Crippen LogP contribution in [0.1, 0.15) is 18.9 Å². The summed E-state index contributed by atoms with van der Waals surface area (Å²) in [5, 5.41) is 9.34. The Morgan fingerprint density at radius 2 is 2.19 bits per heavy atom. The lowest BCUT2D eigenvalue weighted by molar-refractivity contribution is -0.142. The number of phenols is 1. The van der Waals surface area contributed by atoms with Gasteiger partial charge in [0.25, 0.3) is 0 Å². The molecule has 1 aromatic rings. The summed E-state index contributed by atoms with van der Waals surface area (Å²) in [5.74, 6) is 0.398. The van der Waals surface area contributed by atoms with Crippen molar-refractivity contribution < 1.29 is 19.4 Å². The highest BCUT2D eigenvalue weighted by Crippen LogP contribution is 2.24. The summed E-state index contributed by atoms with van der Waals surface area (Å²) in [6.07, 6.45) is 1.74. The Morgan fingerprint density at radius 1 is 1.44 bits per heavy atom. The number of aromatic hydroxyl groups is 1. The van der Waals surface area contributed by atoms with Crippen LogP contribution in [0.3, 0.4) is 0 Å². The number of hydrogen-bond donors (Lipinski definition) is 1. The third-order valence-electron chi connectivity index (χ3n) is 2.14. The van der Waals surface area contributed by atoms with Crippen molar-refractivity contribution in [1.29, 1.82) is 0 Å². The van der Waals surface area contributed by atoms with Crippen LogP contribution < -0.4 is 4.74 Å². The number of phenolic OH excluding ortho intramolecular Hbond substituents is 1. The van der Waals surface area contributed by atoms with Gasteiger partial charge >= 0.3 is 5.97 Å². The summed E-state index contributed by atoms with van der Waals surface area (Å²) in [6.45, 7) is 1.92. The van der Waals surface area contributed by atoms with E-state index in [0.717, 1.165) is 18.4 Å². The molecule has 16 heavy (non-hydrogen) atoms. The topological polar surface area (TPSA) is 55.8 Å². The molecule has 1 rings (SSSR count). The van der Waals surface area contributed by atoms with Gasteiger partial charge in [-0.1, -0.05) is 13.3 Å². The second-order valence-corrected chi connectivity index (χ2v) is 3.41. The second-order valence-electron chi connectivity index (χ2n) is 3.41. The molecule has 1 N–H and O–H groups in total. The Balaban J connectivity index is 2.73. The molecule has 0 heterocycles. The summed E-state index contributed by atoms with van der Waals surface area (Å²) < 4.78 is 9.79. The Labute approximate surface area is 94.8 Å². The molecule has 0 aliphatic rings. The van der Waals surface area contributed by atoms with Crippen LogP contribution in [-0.4, -0.2) is 24.8 Å². The Hall–Kier alpha value is -1.71. The van der Waals surface area contributed by atoms with Crippen molar-refractivity contribution in [3.63, 3.8) is 0 Å². The van der Waals surface area contributed by atoms with Gasteiger partial charge in [0.15, 0.2) is 6.61 Å². The molecule has 4 heteroatoms. The first kappa shape index (κ1) is 12.4. The molecule has 0 spiro atoms. The largest absolute Gasteiger partial charge is 0.508 e. The standard InChI is InChI=1S/C12H16O4/c1-3-4-9-7-10(13)5-6-11(9)16-8-12(14)15-2/h5-7,13H,3-4,8H2,1-2H3. The van der Waals surface area contributed by atoms with E-state index in [-0.39, 0.29) is 12.4 Å². The van der Waals surface area contributed by atoms with E-state index in [1.54, 1.807) is 12.1 Å².